The molecule has 0 aromatic heterocycles. The summed E-state index contributed by atoms with van der Waals surface area (Å²) in [4.78, 5) is 58.5. The van der Waals surface area contributed by atoms with E-state index in [0.29, 0.717) is 30.6 Å². The third-order valence-electron chi connectivity index (χ3n) is 10.5. The molecule has 0 radical (unpaired) electrons. The summed E-state index contributed by atoms with van der Waals surface area (Å²) in [5.41, 5.74) is 6.55. The second-order valence-electron chi connectivity index (χ2n) is 13.0. The second-order valence-corrected chi connectivity index (χ2v) is 13.0. The van der Waals surface area contributed by atoms with E-state index < -0.39 is 29.1 Å². The summed E-state index contributed by atoms with van der Waals surface area (Å²) >= 11 is 0. The number of aryl methyl sites for hydroxylation is 2. The van der Waals surface area contributed by atoms with Crippen molar-refractivity contribution in [2.24, 2.45) is 23.7 Å². The molecule has 0 bridgehead atoms. The van der Waals surface area contributed by atoms with Crippen LogP contribution in [-0.4, -0.2) is 45.2 Å². The normalized spacial score (nSPS) is 29.0. The quantitative estimate of drug-likeness (QED) is 0.289. The van der Waals surface area contributed by atoms with E-state index >= 15 is 4.79 Å². The number of amides is 4. The summed E-state index contributed by atoms with van der Waals surface area (Å²) < 4.78 is 0. The number of fused-ring (bicyclic) bond motifs is 4. The molecule has 2 N–H and O–H groups in total. The molecule has 2 heterocycles. The predicted octanol–water partition coefficient (Wildman–Crippen LogP) is 5.40. The minimum absolute atomic E-state index is 0.136. The summed E-state index contributed by atoms with van der Waals surface area (Å²) in [5, 5.41) is 11.7. The molecule has 7 rings (SSSR count). The Balaban J connectivity index is 1.45. The van der Waals surface area contributed by atoms with Crippen molar-refractivity contribution in [2.45, 2.75) is 51.4 Å². The van der Waals surface area contributed by atoms with Crippen LogP contribution in [0.2, 0.25) is 0 Å². The van der Waals surface area contributed by atoms with Crippen LogP contribution in [0.1, 0.15) is 54.4 Å². The van der Waals surface area contributed by atoms with Crippen molar-refractivity contribution in [3.63, 3.8) is 0 Å². The van der Waals surface area contributed by atoms with E-state index in [9.17, 15) is 19.5 Å². The Kier molecular flexibility index (Phi) is 6.91. The first-order valence-corrected chi connectivity index (χ1v) is 15.8. The smallest absolute Gasteiger partial charge is 0.260 e. The first-order valence-electron chi connectivity index (χ1n) is 15.8. The molecule has 4 aliphatic rings. The van der Waals surface area contributed by atoms with Crippen LogP contribution in [0.4, 0.5) is 5.69 Å². The molecule has 0 spiro atoms. The van der Waals surface area contributed by atoms with Crippen LogP contribution >= 0.6 is 0 Å². The van der Waals surface area contributed by atoms with Crippen LogP contribution in [0.15, 0.2) is 84.4 Å². The molecule has 2 aliphatic carbocycles. The van der Waals surface area contributed by atoms with Gasteiger partial charge in [-0.1, -0.05) is 78.7 Å². The zero-order valence-electron chi connectivity index (χ0n) is 25.7. The molecule has 8 heteroatoms. The van der Waals surface area contributed by atoms with Gasteiger partial charge in [-0.25, -0.2) is 0 Å². The number of aromatic hydroxyl groups is 1. The maximum atomic E-state index is 15.1. The van der Waals surface area contributed by atoms with Crippen LogP contribution in [0.5, 0.6) is 5.75 Å². The number of imide groups is 2. The van der Waals surface area contributed by atoms with Gasteiger partial charge in [0, 0.05) is 12.5 Å². The van der Waals surface area contributed by atoms with Gasteiger partial charge < -0.3 is 5.11 Å². The molecule has 8 nitrogen and oxygen atoms in total. The first kappa shape index (κ1) is 29.0. The highest BCUT2D eigenvalue weighted by atomic mass is 16.3. The van der Waals surface area contributed by atoms with Crippen LogP contribution in [0.25, 0.3) is 0 Å². The molecule has 1 saturated carbocycles. The van der Waals surface area contributed by atoms with Crippen LogP contribution in [0.3, 0.4) is 0 Å². The van der Waals surface area contributed by atoms with Crippen molar-refractivity contribution in [2.75, 3.05) is 12.0 Å². The summed E-state index contributed by atoms with van der Waals surface area (Å²) in [7, 11) is 0. The fourth-order valence-electron chi connectivity index (χ4n) is 8.49. The van der Waals surface area contributed by atoms with E-state index in [4.69, 9.17) is 0 Å². The van der Waals surface area contributed by atoms with Gasteiger partial charge in [-0.3, -0.25) is 29.5 Å². The number of allylic oxidation sites excluding steroid dienone is 2. The number of benzene rings is 3. The number of hydrogen-bond donors (Lipinski definition) is 2. The molecule has 6 atom stereocenters. The molecule has 3 aromatic rings. The van der Waals surface area contributed by atoms with Gasteiger partial charge in [0.05, 0.1) is 28.9 Å². The largest absolute Gasteiger partial charge is 0.508 e. The number of hydrogen-bond acceptors (Lipinski definition) is 6. The minimum atomic E-state index is -1.32. The third-order valence-corrected chi connectivity index (χ3v) is 10.5. The average Bonchev–Trinajstić information content (AvgIpc) is 3.41. The highest BCUT2D eigenvalue weighted by Gasteiger charge is 2.70. The number of carbonyl (C=O) groups is 4. The molecular formula is C37H37N3O5. The number of rotatable bonds is 6. The molecule has 3 fully saturated rings. The van der Waals surface area contributed by atoms with Crippen molar-refractivity contribution in [1.29, 1.82) is 0 Å². The molecule has 2 saturated heterocycles. The highest BCUT2D eigenvalue weighted by Crippen LogP contribution is 2.64. The number of hydrazine groups is 1. The van der Waals surface area contributed by atoms with Gasteiger partial charge in [-0.15, -0.1) is 0 Å². The zero-order valence-corrected chi connectivity index (χ0v) is 25.7. The zero-order chi connectivity index (χ0) is 31.6. The van der Waals surface area contributed by atoms with Crippen LogP contribution in [0, 0.1) is 37.5 Å². The average molecular weight is 604 g/mol. The SMILES string of the molecule is CCCN1C(=O)C2CC=C3C(CC4C(=O)N(Nc5ccc(C)cc5)C(=O)C4(c4ccccc4)C3c3ccc(O)c(C)c3)C2C1=O. The Morgan fingerprint density at radius 2 is 1.62 bits per heavy atom. The van der Waals surface area contributed by atoms with E-state index in [2.05, 4.69) is 11.5 Å². The molecule has 45 heavy (non-hydrogen) atoms. The maximum Gasteiger partial charge on any atom is 0.260 e. The lowest BCUT2D eigenvalue weighted by Crippen LogP contribution is -2.53. The molecule has 6 unspecified atom stereocenters. The van der Waals surface area contributed by atoms with Crippen molar-refractivity contribution >= 4 is 29.3 Å². The Morgan fingerprint density at radius 3 is 2.31 bits per heavy atom. The molecule has 230 valence electrons. The van der Waals surface area contributed by atoms with E-state index in [1.807, 2.05) is 87.5 Å². The molecule has 2 aliphatic heterocycles. The topological polar surface area (TPSA) is 107 Å². The van der Waals surface area contributed by atoms with Crippen molar-refractivity contribution in [3.05, 3.63) is 107 Å². The number of carbonyl (C=O) groups excluding carboxylic acids is 4. The number of nitrogens with one attached hydrogen (secondary N) is 1. The van der Waals surface area contributed by atoms with E-state index in [1.54, 1.807) is 6.07 Å². The van der Waals surface area contributed by atoms with Crippen LogP contribution in [-0.2, 0) is 24.6 Å². The summed E-state index contributed by atoms with van der Waals surface area (Å²) in [6, 6.07) is 22.3. The van der Waals surface area contributed by atoms with Crippen molar-refractivity contribution < 1.29 is 24.3 Å². The lowest BCUT2D eigenvalue weighted by molar-refractivity contribution is -0.141. The van der Waals surface area contributed by atoms with E-state index in [0.717, 1.165) is 22.3 Å². The minimum Gasteiger partial charge on any atom is -0.508 e. The molecule has 3 aromatic carbocycles. The number of phenolic OH excluding ortho intramolecular Hbond substituents is 1. The highest BCUT2D eigenvalue weighted by molar-refractivity contribution is 6.13. The predicted molar refractivity (Wildman–Crippen MR) is 169 cm³/mol. The van der Waals surface area contributed by atoms with Crippen LogP contribution < -0.4 is 5.43 Å². The number of likely N-dealkylation sites (tertiary alicyclic amines) is 1. The summed E-state index contributed by atoms with van der Waals surface area (Å²) in [6.07, 6.45) is 3.40. The molecular weight excluding hydrogens is 566 g/mol. The Morgan fingerprint density at radius 1 is 0.889 bits per heavy atom. The third kappa shape index (κ3) is 4.18. The maximum absolute atomic E-state index is 15.1. The Hall–Kier alpha value is -4.72. The lowest BCUT2D eigenvalue weighted by Gasteiger charge is -2.50. The monoisotopic (exact) mass is 603 g/mol. The van der Waals surface area contributed by atoms with Crippen molar-refractivity contribution in [3.8, 4) is 5.75 Å². The first-order chi connectivity index (χ1) is 21.7. The van der Waals surface area contributed by atoms with Gasteiger partial charge in [0.25, 0.3) is 11.8 Å². The van der Waals surface area contributed by atoms with Crippen molar-refractivity contribution in [1.82, 2.24) is 9.91 Å². The number of nitrogens with zero attached hydrogens (tertiary/aromatic N) is 2. The fourth-order valence-corrected chi connectivity index (χ4v) is 8.49. The van der Waals surface area contributed by atoms with Gasteiger partial charge in [-0.2, -0.15) is 5.01 Å². The summed E-state index contributed by atoms with van der Waals surface area (Å²) in [5.74, 6) is -3.74. The van der Waals surface area contributed by atoms with E-state index in [-0.39, 0.29) is 41.7 Å². The molecule has 4 amide bonds. The van der Waals surface area contributed by atoms with Gasteiger partial charge in [-0.05, 0) is 73.9 Å². The number of anilines is 1. The lowest BCUT2D eigenvalue weighted by atomic mass is 9.49. The van der Waals surface area contributed by atoms with Gasteiger partial charge in [0.1, 0.15) is 5.75 Å². The van der Waals surface area contributed by atoms with Gasteiger partial charge >= 0.3 is 0 Å². The van der Waals surface area contributed by atoms with Gasteiger partial charge in [0.15, 0.2) is 0 Å². The Bertz CT molecular complexity index is 1750. The van der Waals surface area contributed by atoms with E-state index in [1.165, 1.54) is 9.91 Å². The standard InChI is InChI=1S/C37H37N3O5/c1-4-18-39-33(42)27-16-15-26-28(31(27)35(39)44)20-29-34(43)40(38-25-13-10-21(2)11-14-25)36(45)37(29,24-8-6-5-7-9-24)32(26)23-12-17-30(41)22(3)19-23/h5-15,17,19,27-29,31-32,38,41H,4,16,18,20H2,1-3H3. The second kappa shape index (κ2) is 10.7. The number of phenols is 1. The Labute approximate surface area is 262 Å². The fraction of sp³-hybridized carbons (Fsp3) is 0.351. The van der Waals surface area contributed by atoms with Gasteiger partial charge in [0.2, 0.25) is 11.8 Å². The summed E-state index contributed by atoms with van der Waals surface area (Å²) in [6.45, 7) is 6.10.